The van der Waals surface area contributed by atoms with Crippen molar-refractivity contribution in [1.82, 2.24) is 0 Å². The van der Waals surface area contributed by atoms with Crippen molar-refractivity contribution < 1.29 is 23.7 Å². The summed E-state index contributed by atoms with van der Waals surface area (Å²) in [6, 6.07) is 3.81. The van der Waals surface area contributed by atoms with Gasteiger partial charge in [-0.05, 0) is 38.8 Å². The van der Waals surface area contributed by atoms with Crippen molar-refractivity contribution in [1.29, 1.82) is 0 Å². The molecule has 7 heteroatoms. The summed E-state index contributed by atoms with van der Waals surface area (Å²) in [6.07, 6.45) is 3.61. The molecule has 2 heterocycles. The second-order valence-electron chi connectivity index (χ2n) is 5.63. The molecule has 0 aliphatic carbocycles. The lowest BCUT2D eigenvalue weighted by molar-refractivity contribution is -0.684. The van der Waals surface area contributed by atoms with Gasteiger partial charge in [-0.15, -0.1) is 11.3 Å². The van der Waals surface area contributed by atoms with Crippen molar-refractivity contribution in [3.63, 3.8) is 0 Å². The molecule has 25 heavy (non-hydrogen) atoms. The van der Waals surface area contributed by atoms with Gasteiger partial charge < -0.3 is 10.1 Å². The van der Waals surface area contributed by atoms with Crippen LogP contribution in [0.25, 0.3) is 0 Å². The Morgan fingerprint density at radius 1 is 1.20 bits per heavy atom. The largest absolute Gasteiger partial charge is 0.462 e. The minimum atomic E-state index is -0.540. The minimum Gasteiger partial charge on any atom is -0.462 e. The summed E-state index contributed by atoms with van der Waals surface area (Å²) in [5.74, 6) is -0.973. The highest BCUT2D eigenvalue weighted by molar-refractivity contribution is 7.18. The van der Waals surface area contributed by atoms with E-state index in [0.717, 1.165) is 16.9 Å². The quantitative estimate of drug-likeness (QED) is 0.488. The zero-order chi connectivity index (χ0) is 18.6. The zero-order valence-electron chi connectivity index (χ0n) is 14.7. The van der Waals surface area contributed by atoms with Crippen LogP contribution in [-0.4, -0.2) is 24.3 Å². The zero-order valence-corrected chi connectivity index (χ0v) is 15.5. The van der Waals surface area contributed by atoms with Crippen molar-refractivity contribution >= 4 is 34.0 Å². The first kappa shape index (κ1) is 18.8. The number of ketones is 1. The number of amides is 1. The molecule has 6 nitrogen and oxygen atoms in total. The number of nitrogens with zero attached hydrogens (tertiary/aromatic N) is 1. The molecule has 0 spiro atoms. The summed E-state index contributed by atoms with van der Waals surface area (Å²) >= 11 is 1.10. The first-order chi connectivity index (χ1) is 11.8. The number of carbonyl (C=O) groups is 3. The molecule has 0 atom stereocenters. The number of ether oxygens (including phenoxy) is 1. The van der Waals surface area contributed by atoms with Gasteiger partial charge in [-0.25, -0.2) is 4.79 Å². The molecule has 0 aromatic carbocycles. The number of nitrogens with one attached hydrogen (secondary N) is 1. The summed E-state index contributed by atoms with van der Waals surface area (Å²) in [5.41, 5.74) is 1.88. The van der Waals surface area contributed by atoms with Crippen LogP contribution in [0, 0.1) is 13.8 Å². The van der Waals surface area contributed by atoms with Gasteiger partial charge in [0.2, 0.25) is 6.54 Å². The minimum absolute atomic E-state index is 0.106. The van der Waals surface area contributed by atoms with Gasteiger partial charge in [-0.1, -0.05) is 0 Å². The second-order valence-corrected chi connectivity index (χ2v) is 6.65. The summed E-state index contributed by atoms with van der Waals surface area (Å²) in [6.45, 7) is 7.11. The molecule has 132 valence electrons. The first-order valence-electron chi connectivity index (χ1n) is 7.90. The highest BCUT2D eigenvalue weighted by atomic mass is 32.1. The molecular weight excluding hydrogens is 340 g/mol. The molecule has 2 aromatic rings. The number of aromatic nitrogens is 1. The fraction of sp³-hybridized carbons (Fsp3) is 0.333. The Hall–Kier alpha value is -2.54. The Morgan fingerprint density at radius 3 is 2.40 bits per heavy atom. The van der Waals surface area contributed by atoms with Crippen molar-refractivity contribution in [3.05, 3.63) is 46.1 Å². The van der Waals surface area contributed by atoms with Crippen LogP contribution in [0.2, 0.25) is 0 Å². The Balaban J connectivity index is 2.26. The Labute approximate surface area is 150 Å². The summed E-state index contributed by atoms with van der Waals surface area (Å²) in [5, 5.41) is 3.08. The van der Waals surface area contributed by atoms with E-state index < -0.39 is 5.97 Å². The molecule has 2 aromatic heterocycles. The first-order valence-corrected chi connectivity index (χ1v) is 8.72. The maximum atomic E-state index is 12.3. The molecule has 0 aliphatic rings. The molecule has 1 amide bonds. The lowest BCUT2D eigenvalue weighted by atomic mass is 10.1. The number of hydrogen-bond acceptors (Lipinski definition) is 5. The summed E-state index contributed by atoms with van der Waals surface area (Å²) in [4.78, 5) is 36.8. The molecular formula is C18H21N2O4S+. The summed E-state index contributed by atoms with van der Waals surface area (Å²) < 4.78 is 6.79. The molecule has 0 saturated carbocycles. The highest BCUT2D eigenvalue weighted by Crippen LogP contribution is 2.34. The topological polar surface area (TPSA) is 76.3 Å². The van der Waals surface area contributed by atoms with E-state index in [1.807, 2.05) is 31.5 Å². The van der Waals surface area contributed by atoms with Crippen LogP contribution >= 0.6 is 11.3 Å². The maximum Gasteiger partial charge on any atom is 0.341 e. The van der Waals surface area contributed by atoms with Crippen LogP contribution in [0.1, 0.15) is 45.0 Å². The van der Waals surface area contributed by atoms with Crippen LogP contribution in [0.15, 0.2) is 24.5 Å². The maximum absolute atomic E-state index is 12.3. The Kier molecular flexibility index (Phi) is 6.03. The fourth-order valence-electron chi connectivity index (χ4n) is 2.36. The molecule has 0 radical (unpaired) electrons. The molecule has 0 saturated heterocycles. The Bertz CT molecular complexity index is 809. The average molecular weight is 361 g/mol. The van der Waals surface area contributed by atoms with Crippen LogP contribution in [0.5, 0.6) is 0 Å². The van der Waals surface area contributed by atoms with E-state index in [0.29, 0.717) is 15.4 Å². The number of esters is 1. The number of aryl methyl sites for hydroxylation is 1. The predicted octanol–water partition coefficient (Wildman–Crippen LogP) is 2.67. The molecule has 0 bridgehead atoms. The smallest absolute Gasteiger partial charge is 0.341 e. The van der Waals surface area contributed by atoms with Crippen LogP contribution in [0.3, 0.4) is 0 Å². The summed E-state index contributed by atoms with van der Waals surface area (Å²) in [7, 11) is 0. The number of carbonyl (C=O) groups excluding carboxylic acids is 3. The van der Waals surface area contributed by atoms with Gasteiger partial charge >= 0.3 is 5.97 Å². The van der Waals surface area contributed by atoms with Crippen molar-refractivity contribution in [3.8, 4) is 0 Å². The standard InChI is InChI=1S/C18H20N2O4S/c1-5-24-18(23)15-12(3)16(13(4)21)25-17(15)19-14(22)10-20-8-6-11(2)7-9-20/h6-9H,5,10H2,1-4H3/p+1. The highest BCUT2D eigenvalue weighted by Gasteiger charge is 2.25. The van der Waals surface area contributed by atoms with Gasteiger partial charge in [-0.3, -0.25) is 9.59 Å². The third-order valence-electron chi connectivity index (χ3n) is 3.58. The van der Waals surface area contributed by atoms with Gasteiger partial charge in [0.15, 0.2) is 18.2 Å². The van der Waals surface area contributed by atoms with Gasteiger partial charge in [0, 0.05) is 12.1 Å². The fourth-order valence-corrected chi connectivity index (χ4v) is 3.46. The lowest BCUT2D eigenvalue weighted by Crippen LogP contribution is -2.39. The number of Topliss-reactive ketones (excluding diaryl/α,β-unsaturated/α-hetero) is 1. The van der Waals surface area contributed by atoms with Crippen molar-refractivity contribution in [2.45, 2.75) is 34.2 Å². The monoisotopic (exact) mass is 361 g/mol. The van der Waals surface area contributed by atoms with Crippen molar-refractivity contribution in [2.24, 2.45) is 0 Å². The van der Waals surface area contributed by atoms with E-state index in [-0.39, 0.29) is 30.4 Å². The SMILES string of the molecule is CCOC(=O)c1c(NC(=O)C[n+]2ccc(C)cc2)sc(C(C)=O)c1C. The molecule has 1 N–H and O–H groups in total. The van der Waals surface area contributed by atoms with E-state index >= 15 is 0 Å². The van der Waals surface area contributed by atoms with Gasteiger partial charge in [0.25, 0.3) is 5.91 Å². The molecule has 0 aliphatic heterocycles. The van der Waals surface area contributed by atoms with Gasteiger partial charge in [-0.2, -0.15) is 4.57 Å². The van der Waals surface area contributed by atoms with E-state index in [2.05, 4.69) is 5.32 Å². The molecule has 2 rings (SSSR count). The van der Waals surface area contributed by atoms with Crippen molar-refractivity contribution in [2.75, 3.05) is 11.9 Å². The second kappa shape index (κ2) is 8.02. The third-order valence-corrected chi connectivity index (χ3v) is 4.89. The van der Waals surface area contributed by atoms with Crippen LogP contribution in [-0.2, 0) is 16.1 Å². The number of hydrogen-bond donors (Lipinski definition) is 1. The number of thiophene rings is 1. The van der Waals surface area contributed by atoms with Crippen LogP contribution < -0.4 is 9.88 Å². The third kappa shape index (κ3) is 4.51. The van der Waals surface area contributed by atoms with E-state index in [1.54, 1.807) is 18.4 Å². The van der Waals surface area contributed by atoms with Gasteiger partial charge in [0.05, 0.1) is 17.0 Å². The van der Waals surface area contributed by atoms with E-state index in [4.69, 9.17) is 4.74 Å². The lowest BCUT2D eigenvalue weighted by Gasteiger charge is -2.06. The normalized spacial score (nSPS) is 10.4. The molecule has 0 fully saturated rings. The van der Waals surface area contributed by atoms with E-state index in [9.17, 15) is 14.4 Å². The predicted molar refractivity (Wildman–Crippen MR) is 95.0 cm³/mol. The van der Waals surface area contributed by atoms with Crippen LogP contribution in [0.4, 0.5) is 5.00 Å². The number of pyridine rings is 1. The Morgan fingerprint density at radius 2 is 1.84 bits per heavy atom. The number of rotatable bonds is 6. The van der Waals surface area contributed by atoms with E-state index in [1.165, 1.54) is 6.92 Å². The van der Waals surface area contributed by atoms with Gasteiger partial charge in [0.1, 0.15) is 5.00 Å². The molecule has 0 unspecified atom stereocenters. The average Bonchev–Trinajstić information content (AvgIpc) is 2.86. The number of anilines is 1.